The lowest BCUT2D eigenvalue weighted by Gasteiger charge is -2.06. The smallest absolute Gasteiger partial charge is 0.306 e. The van der Waals surface area contributed by atoms with E-state index in [9.17, 15) is 4.79 Å². The van der Waals surface area contributed by atoms with E-state index < -0.39 is 0 Å². The third-order valence-corrected chi connectivity index (χ3v) is 5.11. The fourth-order valence-electron chi connectivity index (χ4n) is 3.45. The molecule has 0 aliphatic carbocycles. The minimum absolute atomic E-state index is 0.209. The molecule has 0 unspecified atom stereocenters. The quantitative estimate of drug-likeness (QED) is 0.273. The van der Waals surface area contributed by atoms with Gasteiger partial charge in [-0.15, -0.1) is 5.10 Å². The number of hydrogen-bond acceptors (Lipinski definition) is 9. The fourth-order valence-corrected chi connectivity index (χ4v) is 3.45. The van der Waals surface area contributed by atoms with Crippen LogP contribution in [0.1, 0.15) is 42.8 Å². The second-order valence-corrected chi connectivity index (χ2v) is 7.69. The highest BCUT2D eigenvalue weighted by molar-refractivity contribution is 5.69. The number of rotatable bonds is 12. The highest BCUT2D eigenvalue weighted by Crippen LogP contribution is 2.23. The molecule has 0 N–H and O–H groups in total. The molecule has 184 valence electrons. The van der Waals surface area contributed by atoms with Crippen LogP contribution >= 0.6 is 0 Å². The Kier molecular flexibility index (Phi) is 7.81. The van der Waals surface area contributed by atoms with Crippen molar-refractivity contribution < 1.29 is 27.8 Å². The van der Waals surface area contributed by atoms with Crippen LogP contribution < -0.4 is 9.47 Å². The SMILES string of the molecule is CCOC(=O)CCc1cn(Cc2ccnc(OCc3nc(-c4ccco4)oc3C)c2)nc1OCC. The summed E-state index contributed by atoms with van der Waals surface area (Å²) in [5, 5.41) is 4.53. The van der Waals surface area contributed by atoms with E-state index in [4.69, 9.17) is 23.0 Å². The summed E-state index contributed by atoms with van der Waals surface area (Å²) in [6.45, 7) is 7.07. The minimum atomic E-state index is -0.239. The maximum atomic E-state index is 11.7. The lowest BCUT2D eigenvalue weighted by molar-refractivity contribution is -0.143. The van der Waals surface area contributed by atoms with Crippen molar-refractivity contribution in [1.29, 1.82) is 0 Å². The molecule has 0 saturated carbocycles. The Morgan fingerprint density at radius 3 is 2.83 bits per heavy atom. The number of furan rings is 1. The van der Waals surface area contributed by atoms with Gasteiger partial charge in [-0.05, 0) is 51.0 Å². The number of oxazole rings is 1. The first kappa shape index (κ1) is 24.1. The topological polar surface area (TPSA) is 115 Å². The molecule has 0 amide bonds. The Hall–Kier alpha value is -4.08. The third-order valence-electron chi connectivity index (χ3n) is 5.11. The van der Waals surface area contributed by atoms with Gasteiger partial charge in [0.25, 0.3) is 5.89 Å². The Morgan fingerprint density at radius 1 is 1.17 bits per heavy atom. The molecule has 0 radical (unpaired) electrons. The molecule has 0 atom stereocenters. The summed E-state index contributed by atoms with van der Waals surface area (Å²) in [5.74, 6) is 2.38. The van der Waals surface area contributed by atoms with E-state index in [1.165, 1.54) is 0 Å². The number of carbonyl (C=O) groups is 1. The lowest BCUT2D eigenvalue weighted by atomic mass is 10.2. The van der Waals surface area contributed by atoms with Crippen molar-refractivity contribution in [2.75, 3.05) is 13.2 Å². The third kappa shape index (κ3) is 6.28. The van der Waals surface area contributed by atoms with E-state index in [2.05, 4.69) is 15.1 Å². The largest absolute Gasteiger partial charge is 0.477 e. The van der Waals surface area contributed by atoms with Crippen LogP contribution in [-0.4, -0.2) is 38.9 Å². The number of pyridine rings is 1. The maximum Gasteiger partial charge on any atom is 0.306 e. The Morgan fingerprint density at radius 2 is 2.06 bits per heavy atom. The number of aromatic nitrogens is 4. The van der Waals surface area contributed by atoms with Crippen molar-refractivity contribution in [3.63, 3.8) is 0 Å². The zero-order chi connectivity index (χ0) is 24.6. The van der Waals surface area contributed by atoms with Gasteiger partial charge in [-0.25, -0.2) is 9.97 Å². The number of ether oxygens (including phenoxy) is 3. The number of nitrogens with zero attached hydrogens (tertiary/aromatic N) is 4. The van der Waals surface area contributed by atoms with Crippen LogP contribution in [0.4, 0.5) is 0 Å². The van der Waals surface area contributed by atoms with Gasteiger partial charge in [-0.3, -0.25) is 9.48 Å². The summed E-state index contributed by atoms with van der Waals surface area (Å²) >= 11 is 0. The predicted octanol–water partition coefficient (Wildman–Crippen LogP) is 4.36. The first-order valence-corrected chi connectivity index (χ1v) is 11.5. The average molecular weight is 481 g/mol. The number of hydrogen-bond donors (Lipinski definition) is 0. The summed E-state index contributed by atoms with van der Waals surface area (Å²) in [4.78, 5) is 20.5. The van der Waals surface area contributed by atoms with Gasteiger partial charge in [0.15, 0.2) is 5.76 Å². The molecule has 10 nitrogen and oxygen atoms in total. The van der Waals surface area contributed by atoms with Crippen LogP contribution in [-0.2, 0) is 29.1 Å². The second-order valence-electron chi connectivity index (χ2n) is 7.69. The summed E-state index contributed by atoms with van der Waals surface area (Å²) in [6.07, 6.45) is 5.91. The highest BCUT2D eigenvalue weighted by Gasteiger charge is 2.15. The number of aryl methyl sites for hydroxylation is 2. The Balaban J connectivity index is 1.40. The Bertz CT molecular complexity index is 1240. The summed E-state index contributed by atoms with van der Waals surface area (Å²) in [7, 11) is 0. The summed E-state index contributed by atoms with van der Waals surface area (Å²) in [5.41, 5.74) is 2.48. The van der Waals surface area contributed by atoms with Crippen LogP contribution in [0.25, 0.3) is 11.7 Å². The van der Waals surface area contributed by atoms with Crippen LogP contribution in [0.2, 0.25) is 0 Å². The molecule has 0 bridgehead atoms. The van der Waals surface area contributed by atoms with E-state index in [-0.39, 0.29) is 19.0 Å². The molecule has 4 aromatic heterocycles. The fraction of sp³-hybridized carbons (Fsp3) is 0.360. The standard InChI is InChI=1S/C25H28N4O6/c1-4-31-23(30)9-8-19-15-29(28-24(19)32-5-2)14-18-10-11-26-22(13-18)34-16-20-17(3)35-25(27-20)21-7-6-12-33-21/h6-7,10-13,15H,4-5,8-9,14,16H2,1-3H3. The molecule has 0 aromatic carbocycles. The van der Waals surface area contributed by atoms with Gasteiger partial charge in [0.1, 0.15) is 18.1 Å². The van der Waals surface area contributed by atoms with E-state index in [0.29, 0.717) is 61.0 Å². The summed E-state index contributed by atoms with van der Waals surface area (Å²) < 4.78 is 29.3. The Labute approximate surface area is 202 Å². The van der Waals surface area contributed by atoms with Crippen molar-refractivity contribution in [3.05, 3.63) is 65.5 Å². The zero-order valence-electron chi connectivity index (χ0n) is 20.0. The van der Waals surface area contributed by atoms with Crippen LogP contribution in [0, 0.1) is 6.92 Å². The van der Waals surface area contributed by atoms with Gasteiger partial charge in [-0.1, -0.05) is 0 Å². The van der Waals surface area contributed by atoms with E-state index in [0.717, 1.165) is 11.1 Å². The van der Waals surface area contributed by atoms with Crippen molar-refractivity contribution in [2.45, 2.75) is 46.8 Å². The first-order valence-electron chi connectivity index (χ1n) is 11.5. The monoisotopic (exact) mass is 480 g/mol. The van der Waals surface area contributed by atoms with Gasteiger partial charge in [0, 0.05) is 30.4 Å². The van der Waals surface area contributed by atoms with E-state index in [1.54, 1.807) is 36.2 Å². The molecule has 0 saturated heterocycles. The zero-order valence-corrected chi connectivity index (χ0v) is 20.0. The van der Waals surface area contributed by atoms with E-state index in [1.807, 2.05) is 32.2 Å². The molecular weight excluding hydrogens is 452 g/mol. The van der Waals surface area contributed by atoms with E-state index >= 15 is 0 Å². The van der Waals surface area contributed by atoms with Gasteiger partial charge in [0.05, 0.1) is 26.0 Å². The highest BCUT2D eigenvalue weighted by atomic mass is 16.5. The number of esters is 1. The van der Waals surface area contributed by atoms with Crippen LogP contribution in [0.15, 0.2) is 51.8 Å². The molecule has 4 rings (SSSR count). The molecule has 35 heavy (non-hydrogen) atoms. The molecular formula is C25H28N4O6. The van der Waals surface area contributed by atoms with Gasteiger partial charge in [-0.2, -0.15) is 0 Å². The van der Waals surface area contributed by atoms with Crippen LogP contribution in [0.5, 0.6) is 11.8 Å². The average Bonchev–Trinajstić information content (AvgIpc) is 3.58. The molecule has 4 aromatic rings. The van der Waals surface area contributed by atoms with Gasteiger partial charge >= 0.3 is 5.97 Å². The minimum Gasteiger partial charge on any atom is -0.477 e. The van der Waals surface area contributed by atoms with Gasteiger partial charge < -0.3 is 23.0 Å². The van der Waals surface area contributed by atoms with Crippen LogP contribution in [0.3, 0.4) is 0 Å². The van der Waals surface area contributed by atoms with Crippen molar-refractivity contribution in [2.24, 2.45) is 0 Å². The molecule has 0 aliphatic heterocycles. The maximum absolute atomic E-state index is 11.7. The lowest BCUT2D eigenvalue weighted by Crippen LogP contribution is -2.05. The second kappa shape index (κ2) is 11.4. The predicted molar refractivity (Wildman–Crippen MR) is 125 cm³/mol. The molecule has 0 spiro atoms. The molecule has 0 fully saturated rings. The van der Waals surface area contributed by atoms with Crippen molar-refractivity contribution in [1.82, 2.24) is 19.7 Å². The van der Waals surface area contributed by atoms with Gasteiger partial charge in [0.2, 0.25) is 11.8 Å². The summed E-state index contributed by atoms with van der Waals surface area (Å²) in [6, 6.07) is 7.31. The van der Waals surface area contributed by atoms with Crippen molar-refractivity contribution >= 4 is 5.97 Å². The molecule has 0 aliphatic rings. The molecule has 4 heterocycles. The first-order chi connectivity index (χ1) is 17.1. The number of carbonyl (C=O) groups excluding carboxylic acids is 1. The molecule has 10 heteroatoms. The normalized spacial score (nSPS) is 10.9. The van der Waals surface area contributed by atoms with Crippen molar-refractivity contribution in [3.8, 4) is 23.4 Å².